The van der Waals surface area contributed by atoms with Crippen LogP contribution < -0.4 is 4.81 Å². The van der Waals surface area contributed by atoms with E-state index in [-0.39, 0.29) is 53.4 Å². The van der Waals surface area contributed by atoms with Crippen molar-refractivity contribution in [2.45, 2.75) is 79.6 Å². The smallest absolute Gasteiger partial charge is 0.318 e. The second kappa shape index (κ2) is 16.3. The SMILES string of the molecule is CC(C)N([B]B(N(c1ccccc1)c1ccccc1)N(C(C)C)C(C)C)C(C)C.Cl.Cl.[Ti]. The standard InChI is InChI=1S/C24H38B2N3.2ClH.Ti/c1-19(2)27(20(3)4)25-26(28(21(5)6)22(7)8)29(23-15-11-9-12-16-23)24-17-13-10-14-18-24;;;/h9-22H,1-8H3;2*1H;. The normalized spacial score (nSPS) is 10.8. The van der Waals surface area contributed by atoms with Crippen molar-refractivity contribution in [2.75, 3.05) is 4.81 Å². The second-order valence-electron chi connectivity index (χ2n) is 8.87. The molecule has 2 aromatic carbocycles. The maximum atomic E-state index is 2.60. The summed E-state index contributed by atoms with van der Waals surface area (Å²) in [5, 5.41) is 0. The van der Waals surface area contributed by atoms with Gasteiger partial charge < -0.3 is 14.4 Å². The van der Waals surface area contributed by atoms with Gasteiger partial charge in [0.25, 0.3) is 0 Å². The van der Waals surface area contributed by atoms with Gasteiger partial charge >= 0.3 is 6.87 Å². The van der Waals surface area contributed by atoms with Crippen LogP contribution in [0.5, 0.6) is 0 Å². The van der Waals surface area contributed by atoms with Crippen LogP contribution in [0.3, 0.4) is 0 Å². The topological polar surface area (TPSA) is 9.72 Å². The molecule has 0 bridgehead atoms. The summed E-state index contributed by atoms with van der Waals surface area (Å²) < 4.78 is 0. The van der Waals surface area contributed by atoms with Crippen LogP contribution in [0.2, 0.25) is 0 Å². The largest absolute Gasteiger partial charge is 0.377 e. The first kappa shape index (κ1) is 33.8. The summed E-state index contributed by atoms with van der Waals surface area (Å²) in [6.07, 6.45) is 0. The first-order chi connectivity index (χ1) is 13.7. The molecule has 0 unspecified atom stereocenters. The van der Waals surface area contributed by atoms with Gasteiger partial charge in [0, 0.05) is 33.1 Å². The molecular weight excluding hydrogens is 471 g/mol. The number of benzene rings is 2. The maximum Gasteiger partial charge on any atom is 0.318 e. The van der Waals surface area contributed by atoms with Crippen molar-refractivity contribution in [3.63, 3.8) is 0 Å². The van der Waals surface area contributed by atoms with E-state index in [0.29, 0.717) is 24.2 Å². The van der Waals surface area contributed by atoms with Crippen LogP contribution in [-0.2, 0) is 21.7 Å². The fraction of sp³-hybridized carbons (Fsp3) is 0.500. The quantitative estimate of drug-likeness (QED) is 0.337. The molecule has 1 radical (unpaired) electrons. The summed E-state index contributed by atoms with van der Waals surface area (Å²) in [5.41, 5.74) is 2.41. The average molecular weight is 511 g/mol. The molecular formula is C24H40B2Cl2N3Ti. The van der Waals surface area contributed by atoms with Crippen LogP contribution in [0.25, 0.3) is 0 Å². The summed E-state index contributed by atoms with van der Waals surface area (Å²) >= 11 is 0. The fourth-order valence-corrected chi connectivity index (χ4v) is 4.21. The van der Waals surface area contributed by atoms with Crippen molar-refractivity contribution in [3.8, 4) is 0 Å². The van der Waals surface area contributed by atoms with Gasteiger partial charge in [-0.2, -0.15) is 0 Å². The van der Waals surface area contributed by atoms with Crippen LogP contribution in [0, 0.1) is 0 Å². The molecule has 0 saturated heterocycles. The van der Waals surface area contributed by atoms with Crippen molar-refractivity contribution >= 4 is 50.4 Å². The molecule has 0 amide bonds. The Labute approximate surface area is 225 Å². The minimum Gasteiger partial charge on any atom is -0.377 e. The molecule has 3 nitrogen and oxygen atoms in total. The first-order valence-corrected chi connectivity index (χ1v) is 11.0. The minimum absolute atomic E-state index is 0. The van der Waals surface area contributed by atoms with Gasteiger partial charge in [0.15, 0.2) is 0 Å². The molecule has 2 aromatic rings. The number of nitrogens with zero attached hydrogens (tertiary/aromatic N) is 3. The van der Waals surface area contributed by atoms with Crippen molar-refractivity contribution in [2.24, 2.45) is 0 Å². The molecule has 0 atom stereocenters. The summed E-state index contributed by atoms with van der Waals surface area (Å²) in [4.78, 5) is 7.55. The van der Waals surface area contributed by atoms with E-state index in [9.17, 15) is 0 Å². The Balaban J connectivity index is 0. The number of anilines is 2. The number of hydrogen-bond acceptors (Lipinski definition) is 3. The Kier molecular flexibility index (Phi) is 17.1. The van der Waals surface area contributed by atoms with Gasteiger partial charge in [0.2, 0.25) is 7.31 Å². The molecule has 0 saturated carbocycles. The zero-order valence-corrected chi connectivity index (χ0v) is 24.1. The zero-order chi connectivity index (χ0) is 21.6. The van der Waals surface area contributed by atoms with E-state index in [1.807, 2.05) is 0 Å². The van der Waals surface area contributed by atoms with Gasteiger partial charge in [-0.15, -0.1) is 24.8 Å². The van der Waals surface area contributed by atoms with Crippen molar-refractivity contribution in [1.82, 2.24) is 9.62 Å². The molecule has 0 heterocycles. The third-order valence-corrected chi connectivity index (χ3v) is 5.33. The number of halogens is 2. The third kappa shape index (κ3) is 9.08. The van der Waals surface area contributed by atoms with Crippen LogP contribution in [-0.4, -0.2) is 48.0 Å². The molecule has 0 aromatic heterocycles. The molecule has 0 N–H and O–H groups in total. The Morgan fingerprint density at radius 1 is 0.594 bits per heavy atom. The van der Waals surface area contributed by atoms with Gasteiger partial charge in [0.05, 0.1) is 0 Å². The Morgan fingerprint density at radius 3 is 1.22 bits per heavy atom. The molecule has 8 heteroatoms. The number of rotatable bonds is 10. The van der Waals surface area contributed by atoms with Gasteiger partial charge in [-0.05, 0) is 48.4 Å². The molecule has 0 aliphatic carbocycles. The van der Waals surface area contributed by atoms with E-state index in [1.54, 1.807) is 0 Å². The molecule has 175 valence electrons. The summed E-state index contributed by atoms with van der Waals surface area (Å²) in [6.45, 7) is 18.4. The first-order valence-electron chi connectivity index (χ1n) is 11.0. The molecule has 2 rings (SSSR count). The predicted molar refractivity (Wildman–Crippen MR) is 145 cm³/mol. The van der Waals surface area contributed by atoms with Gasteiger partial charge in [-0.25, -0.2) is 0 Å². The Hall–Kier alpha value is -0.416. The predicted octanol–water partition coefficient (Wildman–Crippen LogP) is 6.51. The third-order valence-electron chi connectivity index (χ3n) is 5.33. The molecule has 0 fully saturated rings. The van der Waals surface area contributed by atoms with Crippen molar-refractivity contribution < 1.29 is 21.7 Å². The zero-order valence-electron chi connectivity index (χ0n) is 20.9. The van der Waals surface area contributed by atoms with E-state index in [1.165, 1.54) is 11.4 Å². The van der Waals surface area contributed by atoms with Crippen LogP contribution in [0.15, 0.2) is 60.7 Å². The van der Waals surface area contributed by atoms with E-state index in [2.05, 4.69) is 138 Å². The summed E-state index contributed by atoms with van der Waals surface area (Å²) in [5.74, 6) is 0. The minimum atomic E-state index is 0. The Bertz CT molecular complexity index is 666. The second-order valence-corrected chi connectivity index (χ2v) is 8.87. The molecule has 0 spiro atoms. The Morgan fingerprint density at radius 2 is 0.938 bits per heavy atom. The monoisotopic (exact) mass is 510 g/mol. The van der Waals surface area contributed by atoms with Crippen LogP contribution in [0.4, 0.5) is 11.4 Å². The van der Waals surface area contributed by atoms with E-state index in [4.69, 9.17) is 0 Å². The van der Waals surface area contributed by atoms with E-state index in [0.717, 1.165) is 0 Å². The van der Waals surface area contributed by atoms with Crippen molar-refractivity contribution in [3.05, 3.63) is 60.7 Å². The summed E-state index contributed by atoms with van der Waals surface area (Å²) in [6, 6.07) is 23.2. The van der Waals surface area contributed by atoms with Crippen LogP contribution >= 0.6 is 24.8 Å². The number of hydrogen-bond donors (Lipinski definition) is 0. The molecule has 32 heavy (non-hydrogen) atoms. The van der Waals surface area contributed by atoms with Crippen molar-refractivity contribution in [1.29, 1.82) is 0 Å². The van der Waals surface area contributed by atoms with Crippen LogP contribution in [0.1, 0.15) is 55.4 Å². The van der Waals surface area contributed by atoms with Gasteiger partial charge in [-0.3, -0.25) is 0 Å². The van der Waals surface area contributed by atoms with E-state index < -0.39 is 0 Å². The fourth-order valence-electron chi connectivity index (χ4n) is 4.21. The summed E-state index contributed by atoms with van der Waals surface area (Å²) in [7, 11) is 2.44. The molecule has 0 aliphatic heterocycles. The van der Waals surface area contributed by atoms with E-state index >= 15 is 0 Å². The molecule has 0 aliphatic rings. The van der Waals surface area contributed by atoms with Gasteiger partial charge in [-0.1, -0.05) is 91.8 Å². The number of para-hydroxylation sites is 2. The van der Waals surface area contributed by atoms with Gasteiger partial charge in [0.1, 0.15) is 0 Å². The average Bonchev–Trinajstić information content (AvgIpc) is 2.66. The maximum absolute atomic E-state index is 2.60.